The Bertz CT molecular complexity index is 473. The molecule has 6 heteroatoms. The van der Waals surface area contributed by atoms with E-state index in [9.17, 15) is 0 Å². The van der Waals surface area contributed by atoms with Gasteiger partial charge in [-0.25, -0.2) is 0 Å². The lowest BCUT2D eigenvalue weighted by atomic mass is 9.55. The minimum absolute atomic E-state index is 0.355. The Morgan fingerprint density at radius 1 is 0.625 bits per heavy atom. The van der Waals surface area contributed by atoms with Gasteiger partial charge in [0.15, 0.2) is 0 Å². The molecule has 0 aromatic carbocycles. The van der Waals surface area contributed by atoms with Crippen LogP contribution in [-0.4, -0.2) is 36.6 Å². The van der Waals surface area contributed by atoms with Gasteiger partial charge in [0.25, 0.3) is 0 Å². The molecule has 0 spiro atoms. The fourth-order valence-corrected chi connectivity index (χ4v) is 3.47. The zero-order chi connectivity index (χ0) is 18.0. The lowest BCUT2D eigenvalue weighted by Crippen LogP contribution is -2.41. The summed E-state index contributed by atoms with van der Waals surface area (Å²) < 4.78 is 25.4. The topological polar surface area (TPSA) is 36.9 Å². The van der Waals surface area contributed by atoms with Crippen LogP contribution in [0.2, 0.25) is 0 Å². The highest BCUT2D eigenvalue weighted by molar-refractivity contribution is 6.78. The molecule has 1 aliphatic carbocycles. The average molecular weight is 334 g/mol. The molecule has 3 aliphatic rings. The van der Waals surface area contributed by atoms with E-state index in [2.05, 4.69) is 55.4 Å². The van der Waals surface area contributed by atoms with Crippen molar-refractivity contribution < 1.29 is 18.6 Å². The molecule has 3 fully saturated rings. The van der Waals surface area contributed by atoms with Gasteiger partial charge in [0.2, 0.25) is 0 Å². The van der Waals surface area contributed by atoms with Gasteiger partial charge in [-0.2, -0.15) is 0 Å². The summed E-state index contributed by atoms with van der Waals surface area (Å²) in [4.78, 5) is 0. The third kappa shape index (κ3) is 2.90. The summed E-state index contributed by atoms with van der Waals surface area (Å²) in [6, 6.07) is 0. The van der Waals surface area contributed by atoms with Crippen molar-refractivity contribution in [2.24, 2.45) is 0 Å². The Kier molecular flexibility index (Phi) is 4.32. The van der Waals surface area contributed by atoms with Crippen LogP contribution in [0.25, 0.3) is 0 Å². The molecule has 0 N–H and O–H groups in total. The van der Waals surface area contributed by atoms with Crippen LogP contribution in [0.5, 0.6) is 0 Å². The molecule has 4 nitrogen and oxygen atoms in total. The van der Waals surface area contributed by atoms with E-state index in [1.165, 1.54) is 18.4 Å². The summed E-state index contributed by atoms with van der Waals surface area (Å²) in [6.07, 6.45) is 4.61. The number of hydrogen-bond donors (Lipinski definition) is 0. The molecule has 2 heterocycles. The van der Waals surface area contributed by atoms with Crippen molar-refractivity contribution >= 4 is 14.2 Å². The van der Waals surface area contributed by atoms with E-state index in [0.29, 0.717) is 0 Å². The van der Waals surface area contributed by atoms with Gasteiger partial charge in [-0.1, -0.05) is 5.57 Å². The molecule has 2 saturated heterocycles. The van der Waals surface area contributed by atoms with Gasteiger partial charge in [0, 0.05) is 0 Å². The van der Waals surface area contributed by atoms with E-state index in [4.69, 9.17) is 18.6 Å². The van der Waals surface area contributed by atoms with E-state index in [0.717, 1.165) is 18.2 Å². The fraction of sp³-hybridized carbons (Fsp3) is 0.889. The lowest BCUT2D eigenvalue weighted by Gasteiger charge is -2.32. The molecule has 3 rings (SSSR count). The third-order valence-corrected chi connectivity index (χ3v) is 6.63. The highest BCUT2D eigenvalue weighted by Gasteiger charge is 2.60. The second kappa shape index (κ2) is 5.60. The minimum Gasteiger partial charge on any atom is -0.400 e. The molecule has 0 aromatic heterocycles. The second-order valence-electron chi connectivity index (χ2n) is 9.44. The van der Waals surface area contributed by atoms with E-state index >= 15 is 0 Å². The number of hydrogen-bond acceptors (Lipinski definition) is 4. The van der Waals surface area contributed by atoms with Crippen molar-refractivity contribution in [1.29, 1.82) is 0 Å². The van der Waals surface area contributed by atoms with Gasteiger partial charge in [0.1, 0.15) is 0 Å². The van der Waals surface area contributed by atoms with Crippen LogP contribution in [0.3, 0.4) is 0 Å². The Balaban J connectivity index is 1.95. The van der Waals surface area contributed by atoms with Gasteiger partial charge >= 0.3 is 14.2 Å². The normalized spacial score (nSPS) is 30.2. The SMILES string of the molecule is CC1(C)OB(C(B2OC(C)(C)C(C)(C)O2)=C2CCCC2)OC1(C)C. The molecule has 0 bridgehead atoms. The summed E-state index contributed by atoms with van der Waals surface area (Å²) >= 11 is 0. The van der Waals surface area contributed by atoms with Crippen LogP contribution in [0.4, 0.5) is 0 Å². The minimum atomic E-state index is -0.391. The molecule has 0 aromatic rings. The highest BCUT2D eigenvalue weighted by Crippen LogP contribution is 2.45. The van der Waals surface area contributed by atoms with Crippen molar-refractivity contribution in [3.63, 3.8) is 0 Å². The Morgan fingerprint density at radius 2 is 0.917 bits per heavy atom. The quantitative estimate of drug-likeness (QED) is 0.712. The van der Waals surface area contributed by atoms with Gasteiger partial charge in [-0.3, -0.25) is 0 Å². The molecule has 0 amide bonds. The molecule has 2 aliphatic heterocycles. The third-order valence-electron chi connectivity index (χ3n) is 6.63. The van der Waals surface area contributed by atoms with Crippen LogP contribution in [0, 0.1) is 0 Å². The predicted molar refractivity (Wildman–Crippen MR) is 97.7 cm³/mol. The van der Waals surface area contributed by atoms with Crippen LogP contribution < -0.4 is 0 Å². The zero-order valence-electron chi connectivity index (χ0n) is 16.6. The first-order valence-corrected chi connectivity index (χ1v) is 9.29. The van der Waals surface area contributed by atoms with Crippen LogP contribution in [-0.2, 0) is 18.6 Å². The lowest BCUT2D eigenvalue weighted by molar-refractivity contribution is 0.00578. The van der Waals surface area contributed by atoms with Crippen molar-refractivity contribution in [1.82, 2.24) is 0 Å². The van der Waals surface area contributed by atoms with E-state index in [1.807, 2.05) is 0 Å². The van der Waals surface area contributed by atoms with Crippen molar-refractivity contribution in [2.45, 2.75) is 103 Å². The summed E-state index contributed by atoms with van der Waals surface area (Å²) in [7, 11) is -0.782. The largest absolute Gasteiger partial charge is 0.486 e. The smallest absolute Gasteiger partial charge is 0.400 e. The van der Waals surface area contributed by atoms with Crippen LogP contribution >= 0.6 is 0 Å². The molecular weight excluding hydrogens is 302 g/mol. The average Bonchev–Trinajstić information content (AvgIpc) is 3.00. The molecular formula is C18H32B2O4. The molecule has 134 valence electrons. The molecule has 0 atom stereocenters. The van der Waals surface area contributed by atoms with E-state index in [1.54, 1.807) is 0 Å². The first-order valence-electron chi connectivity index (χ1n) is 9.29. The summed E-state index contributed by atoms with van der Waals surface area (Å²) in [5.74, 6) is 0. The van der Waals surface area contributed by atoms with Crippen molar-refractivity contribution in [3.05, 3.63) is 10.9 Å². The summed E-state index contributed by atoms with van der Waals surface area (Å²) in [6.45, 7) is 16.7. The first-order chi connectivity index (χ1) is 10.9. The van der Waals surface area contributed by atoms with Gasteiger partial charge in [-0.15, -0.1) is 0 Å². The molecule has 1 saturated carbocycles. The molecule has 0 unspecified atom stereocenters. The standard InChI is InChI=1S/C18H32B2O4/c1-15(2)16(3,4)22-19(21-15)14(13-11-9-10-12-13)20-23-17(5,6)18(7,8)24-20/h9-12H2,1-8H3. The van der Waals surface area contributed by atoms with Crippen LogP contribution in [0.15, 0.2) is 10.9 Å². The molecule has 24 heavy (non-hydrogen) atoms. The molecule has 0 radical (unpaired) electrons. The maximum atomic E-state index is 6.35. The van der Waals surface area contributed by atoms with Gasteiger partial charge in [0.05, 0.1) is 22.4 Å². The maximum absolute atomic E-state index is 6.35. The van der Waals surface area contributed by atoms with E-state index < -0.39 is 14.2 Å². The number of allylic oxidation sites excluding steroid dienone is 1. The highest BCUT2D eigenvalue weighted by atomic mass is 16.7. The number of rotatable bonds is 2. The Labute approximate surface area is 147 Å². The van der Waals surface area contributed by atoms with Crippen LogP contribution in [0.1, 0.15) is 81.1 Å². The maximum Gasteiger partial charge on any atom is 0.486 e. The van der Waals surface area contributed by atoms with Gasteiger partial charge in [-0.05, 0) is 86.4 Å². The first kappa shape index (κ1) is 18.5. The Hall–Kier alpha value is -0.290. The summed E-state index contributed by atoms with van der Waals surface area (Å²) in [5, 5.41) is 1.07. The van der Waals surface area contributed by atoms with Crippen molar-refractivity contribution in [2.75, 3.05) is 0 Å². The monoisotopic (exact) mass is 334 g/mol. The van der Waals surface area contributed by atoms with E-state index in [-0.39, 0.29) is 22.4 Å². The zero-order valence-corrected chi connectivity index (χ0v) is 16.6. The second-order valence-corrected chi connectivity index (χ2v) is 9.44. The summed E-state index contributed by atoms with van der Waals surface area (Å²) in [5.41, 5.74) is -0.0264. The predicted octanol–water partition coefficient (Wildman–Crippen LogP) is 4.12. The van der Waals surface area contributed by atoms with Gasteiger partial charge < -0.3 is 18.6 Å². The Morgan fingerprint density at radius 3 is 1.21 bits per heavy atom. The van der Waals surface area contributed by atoms with Crippen molar-refractivity contribution in [3.8, 4) is 0 Å². The fourth-order valence-electron chi connectivity index (χ4n) is 3.47.